The van der Waals surface area contributed by atoms with Crippen LogP contribution in [0.5, 0.6) is 5.75 Å². The molecule has 20 heavy (non-hydrogen) atoms. The highest BCUT2D eigenvalue weighted by Crippen LogP contribution is 2.22. The van der Waals surface area contributed by atoms with E-state index in [1.807, 2.05) is 34.6 Å². The summed E-state index contributed by atoms with van der Waals surface area (Å²) in [6.07, 6.45) is 0.393. The van der Waals surface area contributed by atoms with Gasteiger partial charge in [-0.25, -0.2) is 4.39 Å². The molecule has 0 radical (unpaired) electrons. The van der Waals surface area contributed by atoms with Gasteiger partial charge in [0.05, 0.1) is 12.7 Å². The lowest BCUT2D eigenvalue weighted by Crippen LogP contribution is -2.51. The molecule has 2 N–H and O–H groups in total. The number of rotatable bonds is 7. The molecule has 114 valence electrons. The molecule has 0 bridgehead atoms. The Morgan fingerprint density at radius 2 is 2.00 bits per heavy atom. The minimum Gasteiger partial charge on any atom is -0.488 e. The standard InChI is InChI=1S/C16H26FNO2/c1-11(2)18-16(5,10-19)9-13(4)20-15-8-12(3)6-7-14(15)17/h6-8,11,13,18-19H,9-10H2,1-5H3. The summed E-state index contributed by atoms with van der Waals surface area (Å²) < 4.78 is 19.3. The van der Waals surface area contributed by atoms with Gasteiger partial charge in [-0.05, 0) is 38.5 Å². The van der Waals surface area contributed by atoms with Crippen LogP contribution >= 0.6 is 0 Å². The van der Waals surface area contributed by atoms with Crippen molar-refractivity contribution in [3.05, 3.63) is 29.6 Å². The Morgan fingerprint density at radius 3 is 2.55 bits per heavy atom. The molecule has 4 heteroatoms. The normalized spacial score (nSPS) is 16.0. The first-order chi connectivity index (χ1) is 9.25. The molecule has 0 aliphatic heterocycles. The van der Waals surface area contributed by atoms with E-state index in [0.717, 1.165) is 5.56 Å². The van der Waals surface area contributed by atoms with Crippen LogP contribution in [-0.4, -0.2) is 29.4 Å². The lowest BCUT2D eigenvalue weighted by Gasteiger charge is -2.33. The topological polar surface area (TPSA) is 41.5 Å². The van der Waals surface area contributed by atoms with Gasteiger partial charge in [0.2, 0.25) is 0 Å². The van der Waals surface area contributed by atoms with Gasteiger partial charge in [-0.15, -0.1) is 0 Å². The molecular weight excluding hydrogens is 257 g/mol. The van der Waals surface area contributed by atoms with Crippen molar-refractivity contribution < 1.29 is 14.2 Å². The van der Waals surface area contributed by atoms with Gasteiger partial charge in [-0.3, -0.25) is 0 Å². The number of aryl methyl sites for hydroxylation is 1. The van der Waals surface area contributed by atoms with Crippen LogP contribution in [0.15, 0.2) is 18.2 Å². The summed E-state index contributed by atoms with van der Waals surface area (Å²) >= 11 is 0. The molecule has 0 saturated carbocycles. The maximum atomic E-state index is 13.7. The van der Waals surface area contributed by atoms with E-state index >= 15 is 0 Å². The molecule has 0 aliphatic carbocycles. The second-order valence-corrected chi connectivity index (χ2v) is 6.08. The van der Waals surface area contributed by atoms with Gasteiger partial charge in [0, 0.05) is 18.0 Å². The molecule has 0 spiro atoms. The summed E-state index contributed by atoms with van der Waals surface area (Å²) in [6, 6.07) is 5.08. The Bertz CT molecular complexity index is 436. The maximum absolute atomic E-state index is 13.7. The first-order valence-corrected chi connectivity index (χ1v) is 7.07. The van der Waals surface area contributed by atoms with Crippen LogP contribution in [0.3, 0.4) is 0 Å². The smallest absolute Gasteiger partial charge is 0.165 e. The van der Waals surface area contributed by atoms with Crippen molar-refractivity contribution in [3.8, 4) is 5.75 Å². The molecule has 0 saturated heterocycles. The Morgan fingerprint density at radius 1 is 1.35 bits per heavy atom. The fourth-order valence-corrected chi connectivity index (χ4v) is 2.46. The Hall–Kier alpha value is -1.13. The number of halogens is 1. The van der Waals surface area contributed by atoms with E-state index in [0.29, 0.717) is 6.42 Å². The lowest BCUT2D eigenvalue weighted by atomic mass is 9.94. The highest BCUT2D eigenvalue weighted by atomic mass is 19.1. The fourth-order valence-electron chi connectivity index (χ4n) is 2.46. The van der Waals surface area contributed by atoms with Crippen molar-refractivity contribution in [2.24, 2.45) is 0 Å². The number of aliphatic hydroxyl groups is 1. The van der Waals surface area contributed by atoms with E-state index < -0.39 is 5.54 Å². The molecule has 0 aliphatic rings. The SMILES string of the molecule is Cc1ccc(F)c(OC(C)CC(C)(CO)NC(C)C)c1. The van der Waals surface area contributed by atoms with Gasteiger partial charge in [-0.2, -0.15) is 0 Å². The van der Waals surface area contributed by atoms with E-state index in [9.17, 15) is 9.50 Å². The van der Waals surface area contributed by atoms with E-state index in [-0.39, 0.29) is 30.3 Å². The molecule has 2 unspecified atom stereocenters. The van der Waals surface area contributed by atoms with Crippen molar-refractivity contribution in [1.82, 2.24) is 5.32 Å². The third-order valence-electron chi connectivity index (χ3n) is 3.14. The monoisotopic (exact) mass is 283 g/mol. The van der Waals surface area contributed by atoms with Gasteiger partial charge in [0.25, 0.3) is 0 Å². The van der Waals surface area contributed by atoms with Crippen molar-refractivity contribution >= 4 is 0 Å². The zero-order valence-corrected chi connectivity index (χ0v) is 13.0. The third-order valence-corrected chi connectivity index (χ3v) is 3.14. The summed E-state index contributed by atoms with van der Waals surface area (Å²) in [6.45, 7) is 9.79. The number of aliphatic hydroxyl groups excluding tert-OH is 1. The number of nitrogens with one attached hydrogen (secondary N) is 1. The van der Waals surface area contributed by atoms with E-state index in [1.165, 1.54) is 6.07 Å². The number of benzene rings is 1. The molecule has 1 rings (SSSR count). The summed E-state index contributed by atoms with van der Waals surface area (Å²) in [5, 5.41) is 12.9. The van der Waals surface area contributed by atoms with Crippen LogP contribution in [0.2, 0.25) is 0 Å². The van der Waals surface area contributed by atoms with E-state index in [1.54, 1.807) is 12.1 Å². The molecule has 0 amide bonds. The van der Waals surface area contributed by atoms with Crippen LogP contribution in [0.25, 0.3) is 0 Å². The predicted octanol–water partition coefficient (Wildman–Crippen LogP) is 3.04. The first kappa shape index (κ1) is 16.9. The Kier molecular flexibility index (Phi) is 5.96. The predicted molar refractivity (Wildman–Crippen MR) is 79.6 cm³/mol. The zero-order valence-electron chi connectivity index (χ0n) is 13.0. The fraction of sp³-hybridized carbons (Fsp3) is 0.625. The molecule has 0 heterocycles. The average molecular weight is 283 g/mol. The van der Waals surface area contributed by atoms with Gasteiger partial charge in [0.15, 0.2) is 11.6 Å². The summed E-state index contributed by atoms with van der Waals surface area (Å²) in [5.74, 6) is -0.0905. The first-order valence-electron chi connectivity index (χ1n) is 7.07. The summed E-state index contributed by atoms with van der Waals surface area (Å²) in [7, 11) is 0. The van der Waals surface area contributed by atoms with Gasteiger partial charge >= 0.3 is 0 Å². The van der Waals surface area contributed by atoms with Crippen molar-refractivity contribution in [1.29, 1.82) is 0 Å². The van der Waals surface area contributed by atoms with E-state index in [4.69, 9.17) is 4.74 Å². The molecule has 0 fully saturated rings. The number of hydrogen-bond acceptors (Lipinski definition) is 3. The second-order valence-electron chi connectivity index (χ2n) is 6.08. The third kappa shape index (κ3) is 5.10. The van der Waals surface area contributed by atoms with Crippen molar-refractivity contribution in [2.75, 3.05) is 6.61 Å². The molecule has 3 nitrogen and oxygen atoms in total. The zero-order chi connectivity index (χ0) is 15.3. The number of ether oxygens (including phenoxy) is 1. The van der Waals surface area contributed by atoms with Crippen LogP contribution in [0.4, 0.5) is 4.39 Å². The minimum absolute atomic E-state index is 0.00911. The Balaban J connectivity index is 2.70. The minimum atomic E-state index is -0.437. The van der Waals surface area contributed by atoms with Crippen LogP contribution in [0.1, 0.15) is 39.7 Å². The van der Waals surface area contributed by atoms with Gasteiger partial charge in [0.1, 0.15) is 0 Å². The highest BCUT2D eigenvalue weighted by Gasteiger charge is 2.27. The molecule has 1 aromatic carbocycles. The lowest BCUT2D eigenvalue weighted by molar-refractivity contribution is 0.102. The van der Waals surface area contributed by atoms with Gasteiger partial charge < -0.3 is 15.2 Å². The molecule has 0 aromatic heterocycles. The largest absolute Gasteiger partial charge is 0.488 e. The maximum Gasteiger partial charge on any atom is 0.165 e. The van der Waals surface area contributed by atoms with Gasteiger partial charge in [-0.1, -0.05) is 19.9 Å². The molecule has 1 aromatic rings. The van der Waals surface area contributed by atoms with Crippen molar-refractivity contribution in [2.45, 2.75) is 58.7 Å². The average Bonchev–Trinajstić information content (AvgIpc) is 2.32. The quantitative estimate of drug-likeness (QED) is 0.808. The summed E-state index contributed by atoms with van der Waals surface area (Å²) in [4.78, 5) is 0. The number of hydrogen-bond donors (Lipinski definition) is 2. The van der Waals surface area contributed by atoms with E-state index in [2.05, 4.69) is 5.32 Å². The van der Waals surface area contributed by atoms with Crippen LogP contribution in [0, 0.1) is 12.7 Å². The second kappa shape index (κ2) is 7.04. The van der Waals surface area contributed by atoms with Crippen molar-refractivity contribution in [3.63, 3.8) is 0 Å². The molecule has 2 atom stereocenters. The Labute approximate surface area is 121 Å². The van der Waals surface area contributed by atoms with Crippen LogP contribution < -0.4 is 10.1 Å². The summed E-state index contributed by atoms with van der Waals surface area (Å²) in [5.41, 5.74) is 0.521. The van der Waals surface area contributed by atoms with Crippen LogP contribution in [-0.2, 0) is 0 Å². The highest BCUT2D eigenvalue weighted by molar-refractivity contribution is 5.29. The molecular formula is C16H26FNO2.